The van der Waals surface area contributed by atoms with E-state index in [2.05, 4.69) is 54.0 Å². The van der Waals surface area contributed by atoms with Crippen molar-refractivity contribution < 1.29 is 4.79 Å². The highest BCUT2D eigenvalue weighted by atomic mass is 16.1. The van der Waals surface area contributed by atoms with Gasteiger partial charge >= 0.3 is 0 Å². The summed E-state index contributed by atoms with van der Waals surface area (Å²) in [5.41, 5.74) is 3.52. The summed E-state index contributed by atoms with van der Waals surface area (Å²) < 4.78 is 0. The minimum atomic E-state index is 0.0600. The molecule has 0 fully saturated rings. The molecule has 0 saturated heterocycles. The summed E-state index contributed by atoms with van der Waals surface area (Å²) in [4.78, 5) is 11.9. The normalized spacial score (nSPS) is 10.5. The minimum Gasteiger partial charge on any atom is -0.326 e. The fourth-order valence-corrected chi connectivity index (χ4v) is 2.44. The molecule has 1 amide bonds. The Hall–Kier alpha value is -2.13. The van der Waals surface area contributed by atoms with Gasteiger partial charge in [0.25, 0.3) is 0 Å². The molecule has 2 aromatic rings. The lowest BCUT2D eigenvalue weighted by atomic mass is 10.1. The first-order chi connectivity index (χ1) is 11.3. The SMILES string of the molecule is CCc1ccc(NC(=O)CCNCCCc2ccccc2)cc1. The zero-order valence-electron chi connectivity index (χ0n) is 13.8. The lowest BCUT2D eigenvalue weighted by molar-refractivity contribution is -0.116. The predicted octanol–water partition coefficient (Wildman–Crippen LogP) is 3.80. The largest absolute Gasteiger partial charge is 0.326 e. The Labute approximate surface area is 139 Å². The Morgan fingerprint density at radius 3 is 2.35 bits per heavy atom. The van der Waals surface area contributed by atoms with Crippen LogP contribution in [0, 0.1) is 0 Å². The van der Waals surface area contributed by atoms with Crippen LogP contribution in [0.3, 0.4) is 0 Å². The van der Waals surface area contributed by atoms with E-state index in [-0.39, 0.29) is 5.91 Å². The highest BCUT2D eigenvalue weighted by Crippen LogP contribution is 2.10. The zero-order valence-corrected chi connectivity index (χ0v) is 13.8. The number of rotatable bonds is 9. The number of amides is 1. The molecule has 0 aliphatic carbocycles. The van der Waals surface area contributed by atoms with Crippen LogP contribution in [-0.4, -0.2) is 19.0 Å². The van der Waals surface area contributed by atoms with Gasteiger partial charge in [0.1, 0.15) is 0 Å². The summed E-state index contributed by atoms with van der Waals surface area (Å²) in [5, 5.41) is 6.26. The fourth-order valence-electron chi connectivity index (χ4n) is 2.44. The summed E-state index contributed by atoms with van der Waals surface area (Å²) in [6, 6.07) is 18.5. The van der Waals surface area contributed by atoms with Gasteiger partial charge in [-0.25, -0.2) is 0 Å². The Bertz CT molecular complexity index is 578. The average molecular weight is 310 g/mol. The van der Waals surface area contributed by atoms with E-state index in [9.17, 15) is 4.79 Å². The monoisotopic (exact) mass is 310 g/mol. The van der Waals surface area contributed by atoms with E-state index in [1.54, 1.807) is 0 Å². The standard InChI is InChI=1S/C20H26N2O/c1-2-17-10-12-19(13-11-17)22-20(23)14-16-21-15-6-9-18-7-4-3-5-8-18/h3-5,7-8,10-13,21H,2,6,9,14-16H2,1H3,(H,22,23). The Balaban J connectivity index is 1.56. The van der Waals surface area contributed by atoms with Gasteiger partial charge < -0.3 is 10.6 Å². The molecule has 0 heterocycles. The van der Waals surface area contributed by atoms with Gasteiger partial charge in [-0.15, -0.1) is 0 Å². The van der Waals surface area contributed by atoms with Crippen LogP contribution in [-0.2, 0) is 17.6 Å². The molecule has 2 aromatic carbocycles. The van der Waals surface area contributed by atoms with Gasteiger partial charge in [0.2, 0.25) is 5.91 Å². The maximum Gasteiger partial charge on any atom is 0.225 e. The van der Waals surface area contributed by atoms with Gasteiger partial charge in [-0.3, -0.25) is 4.79 Å². The summed E-state index contributed by atoms with van der Waals surface area (Å²) in [6.07, 6.45) is 3.68. The number of aryl methyl sites for hydroxylation is 2. The second-order valence-corrected chi connectivity index (χ2v) is 5.69. The Morgan fingerprint density at radius 2 is 1.65 bits per heavy atom. The van der Waals surface area contributed by atoms with E-state index in [1.807, 2.05) is 18.2 Å². The van der Waals surface area contributed by atoms with Crippen LogP contribution in [0.2, 0.25) is 0 Å². The zero-order chi connectivity index (χ0) is 16.3. The molecule has 122 valence electrons. The molecule has 0 saturated carbocycles. The summed E-state index contributed by atoms with van der Waals surface area (Å²) in [6.45, 7) is 3.78. The van der Waals surface area contributed by atoms with Crippen LogP contribution in [0.5, 0.6) is 0 Å². The molecule has 0 aliphatic rings. The van der Waals surface area contributed by atoms with E-state index < -0.39 is 0 Å². The molecule has 3 nitrogen and oxygen atoms in total. The van der Waals surface area contributed by atoms with Gasteiger partial charge in [-0.1, -0.05) is 49.4 Å². The maximum absolute atomic E-state index is 11.9. The van der Waals surface area contributed by atoms with E-state index in [0.717, 1.165) is 31.5 Å². The van der Waals surface area contributed by atoms with E-state index in [1.165, 1.54) is 11.1 Å². The predicted molar refractivity (Wildman–Crippen MR) is 96.7 cm³/mol. The van der Waals surface area contributed by atoms with Crippen LogP contribution < -0.4 is 10.6 Å². The first-order valence-corrected chi connectivity index (χ1v) is 8.41. The summed E-state index contributed by atoms with van der Waals surface area (Å²) in [5.74, 6) is 0.0600. The third kappa shape index (κ3) is 6.66. The number of anilines is 1. The minimum absolute atomic E-state index is 0.0600. The van der Waals surface area contributed by atoms with Crippen LogP contribution in [0.1, 0.15) is 30.9 Å². The third-order valence-electron chi connectivity index (χ3n) is 3.84. The molecule has 0 spiro atoms. The fraction of sp³-hybridized carbons (Fsp3) is 0.350. The van der Waals surface area contributed by atoms with Crippen LogP contribution >= 0.6 is 0 Å². The molecule has 23 heavy (non-hydrogen) atoms. The van der Waals surface area contributed by atoms with Crippen LogP contribution in [0.15, 0.2) is 54.6 Å². The molecular formula is C20H26N2O. The molecule has 2 rings (SSSR count). The average Bonchev–Trinajstić information content (AvgIpc) is 2.59. The number of hydrogen-bond donors (Lipinski definition) is 2. The second kappa shape index (κ2) is 9.80. The van der Waals surface area contributed by atoms with E-state index in [4.69, 9.17) is 0 Å². The number of benzene rings is 2. The maximum atomic E-state index is 11.9. The molecule has 0 atom stereocenters. The second-order valence-electron chi connectivity index (χ2n) is 5.69. The summed E-state index contributed by atoms with van der Waals surface area (Å²) in [7, 11) is 0. The summed E-state index contributed by atoms with van der Waals surface area (Å²) >= 11 is 0. The molecule has 2 N–H and O–H groups in total. The smallest absolute Gasteiger partial charge is 0.225 e. The molecule has 0 bridgehead atoms. The third-order valence-corrected chi connectivity index (χ3v) is 3.84. The van der Waals surface area contributed by atoms with Crippen LogP contribution in [0.25, 0.3) is 0 Å². The van der Waals surface area contributed by atoms with Gasteiger partial charge in [0.15, 0.2) is 0 Å². The quantitative estimate of drug-likeness (QED) is 0.692. The first kappa shape index (κ1) is 17.2. The first-order valence-electron chi connectivity index (χ1n) is 8.41. The van der Waals surface area contributed by atoms with Crippen molar-refractivity contribution in [3.05, 3.63) is 65.7 Å². The van der Waals surface area contributed by atoms with Gasteiger partial charge in [0, 0.05) is 18.7 Å². The van der Waals surface area contributed by atoms with Gasteiger partial charge in [-0.05, 0) is 49.1 Å². The molecule has 3 heteroatoms. The highest BCUT2D eigenvalue weighted by Gasteiger charge is 2.02. The lowest BCUT2D eigenvalue weighted by Gasteiger charge is -2.07. The molecule has 0 aromatic heterocycles. The Morgan fingerprint density at radius 1 is 0.913 bits per heavy atom. The van der Waals surface area contributed by atoms with Gasteiger partial charge in [0.05, 0.1) is 0 Å². The number of carbonyl (C=O) groups is 1. The van der Waals surface area contributed by atoms with Crippen molar-refractivity contribution in [2.75, 3.05) is 18.4 Å². The Kier molecular flexibility index (Phi) is 7.34. The number of nitrogens with one attached hydrogen (secondary N) is 2. The molecule has 0 radical (unpaired) electrons. The molecule has 0 aliphatic heterocycles. The number of carbonyl (C=O) groups excluding carboxylic acids is 1. The highest BCUT2D eigenvalue weighted by molar-refractivity contribution is 5.90. The van der Waals surface area contributed by atoms with Crippen molar-refractivity contribution in [3.63, 3.8) is 0 Å². The van der Waals surface area contributed by atoms with Crippen LogP contribution in [0.4, 0.5) is 5.69 Å². The van der Waals surface area contributed by atoms with E-state index in [0.29, 0.717) is 13.0 Å². The molecule has 0 unspecified atom stereocenters. The lowest BCUT2D eigenvalue weighted by Crippen LogP contribution is -2.22. The topological polar surface area (TPSA) is 41.1 Å². The van der Waals surface area contributed by atoms with Crippen molar-refractivity contribution in [1.29, 1.82) is 0 Å². The van der Waals surface area contributed by atoms with Gasteiger partial charge in [-0.2, -0.15) is 0 Å². The van der Waals surface area contributed by atoms with E-state index >= 15 is 0 Å². The number of hydrogen-bond acceptors (Lipinski definition) is 2. The van der Waals surface area contributed by atoms with Crippen molar-refractivity contribution in [1.82, 2.24) is 5.32 Å². The van der Waals surface area contributed by atoms with Crippen molar-refractivity contribution in [2.24, 2.45) is 0 Å². The molecular weight excluding hydrogens is 284 g/mol. The van der Waals surface area contributed by atoms with Crippen molar-refractivity contribution in [2.45, 2.75) is 32.6 Å². The van der Waals surface area contributed by atoms with Crippen molar-refractivity contribution >= 4 is 11.6 Å². The van der Waals surface area contributed by atoms with Crippen molar-refractivity contribution in [3.8, 4) is 0 Å².